The van der Waals surface area contributed by atoms with Crippen LogP contribution in [0.2, 0.25) is 15.1 Å². The first kappa shape index (κ1) is 15.3. The van der Waals surface area contributed by atoms with Crippen molar-refractivity contribution in [1.29, 1.82) is 0 Å². The molecule has 0 atom stereocenters. The molecule has 0 unspecified atom stereocenters. The summed E-state index contributed by atoms with van der Waals surface area (Å²) in [6.45, 7) is 0.311. The standard InChI is InChI=1S/C16H10Cl3NO2/c17-9-2-4-14-12(7-9)15(21)5-6-20(14)16(22)11-3-1-10(18)8-13(11)19/h1-4,7-8H,5-6H2. The van der Waals surface area contributed by atoms with Gasteiger partial charge in [-0.25, -0.2) is 0 Å². The number of carbonyl (C=O) groups is 2. The van der Waals surface area contributed by atoms with E-state index in [1.54, 1.807) is 35.2 Å². The van der Waals surface area contributed by atoms with Crippen molar-refractivity contribution < 1.29 is 9.59 Å². The fourth-order valence-electron chi connectivity index (χ4n) is 2.45. The van der Waals surface area contributed by atoms with Crippen molar-refractivity contribution in [2.45, 2.75) is 6.42 Å². The van der Waals surface area contributed by atoms with Gasteiger partial charge in [-0.3, -0.25) is 9.59 Å². The molecule has 0 saturated carbocycles. The summed E-state index contributed by atoms with van der Waals surface area (Å²) in [6.07, 6.45) is 0.254. The Morgan fingerprint density at radius 3 is 2.41 bits per heavy atom. The highest BCUT2D eigenvalue weighted by Crippen LogP contribution is 2.32. The minimum absolute atomic E-state index is 0.0243. The van der Waals surface area contributed by atoms with Crippen LogP contribution in [0.25, 0.3) is 0 Å². The van der Waals surface area contributed by atoms with E-state index >= 15 is 0 Å². The second kappa shape index (κ2) is 5.92. The highest BCUT2D eigenvalue weighted by Gasteiger charge is 2.29. The zero-order valence-electron chi connectivity index (χ0n) is 11.3. The fraction of sp³-hybridized carbons (Fsp3) is 0.125. The monoisotopic (exact) mass is 353 g/mol. The van der Waals surface area contributed by atoms with Gasteiger partial charge in [0.05, 0.1) is 16.3 Å². The molecule has 1 heterocycles. The molecule has 112 valence electrons. The number of nitrogens with zero attached hydrogens (tertiary/aromatic N) is 1. The first-order valence-electron chi connectivity index (χ1n) is 6.57. The van der Waals surface area contributed by atoms with E-state index in [0.29, 0.717) is 33.4 Å². The van der Waals surface area contributed by atoms with Crippen LogP contribution in [0, 0.1) is 0 Å². The first-order valence-corrected chi connectivity index (χ1v) is 7.70. The van der Waals surface area contributed by atoms with Crippen molar-refractivity contribution in [3.8, 4) is 0 Å². The molecule has 1 aliphatic rings. The van der Waals surface area contributed by atoms with Gasteiger partial charge in [0.15, 0.2) is 5.78 Å². The smallest absolute Gasteiger partial charge is 0.259 e. The van der Waals surface area contributed by atoms with E-state index in [2.05, 4.69) is 0 Å². The van der Waals surface area contributed by atoms with Gasteiger partial charge in [0.2, 0.25) is 0 Å². The van der Waals surface area contributed by atoms with Crippen molar-refractivity contribution in [1.82, 2.24) is 0 Å². The molecule has 0 aliphatic carbocycles. The Hall–Kier alpha value is -1.55. The normalized spacial score (nSPS) is 14.0. The van der Waals surface area contributed by atoms with Gasteiger partial charge in [-0.15, -0.1) is 0 Å². The van der Waals surface area contributed by atoms with Gasteiger partial charge < -0.3 is 4.90 Å². The minimum atomic E-state index is -0.266. The van der Waals surface area contributed by atoms with E-state index in [1.807, 2.05) is 0 Å². The molecule has 22 heavy (non-hydrogen) atoms. The molecule has 0 radical (unpaired) electrons. The Bertz CT molecular complexity index is 789. The van der Waals surface area contributed by atoms with Crippen molar-refractivity contribution in [2.75, 3.05) is 11.4 Å². The molecule has 2 aromatic carbocycles. The van der Waals surface area contributed by atoms with E-state index in [1.165, 1.54) is 6.07 Å². The van der Waals surface area contributed by atoms with Crippen molar-refractivity contribution >= 4 is 52.2 Å². The van der Waals surface area contributed by atoms with Gasteiger partial charge in [-0.2, -0.15) is 0 Å². The second-order valence-electron chi connectivity index (χ2n) is 4.92. The fourth-order valence-corrected chi connectivity index (χ4v) is 3.12. The van der Waals surface area contributed by atoms with Crippen LogP contribution in [0.5, 0.6) is 0 Å². The highest BCUT2D eigenvalue weighted by atomic mass is 35.5. The molecule has 2 aromatic rings. The molecule has 1 aliphatic heterocycles. The predicted molar refractivity (Wildman–Crippen MR) is 88.5 cm³/mol. The van der Waals surface area contributed by atoms with E-state index in [9.17, 15) is 9.59 Å². The number of Topliss-reactive ketones (excluding diaryl/α,β-unsaturated/α-hetero) is 1. The molecule has 3 rings (SSSR count). The minimum Gasteiger partial charge on any atom is -0.307 e. The number of anilines is 1. The lowest BCUT2D eigenvalue weighted by Crippen LogP contribution is -2.37. The molecule has 0 aromatic heterocycles. The van der Waals surface area contributed by atoms with Gasteiger partial charge in [0.25, 0.3) is 5.91 Å². The number of ketones is 1. The molecule has 0 N–H and O–H groups in total. The molecule has 0 spiro atoms. The molecule has 6 heteroatoms. The van der Waals surface area contributed by atoms with E-state index in [0.717, 1.165) is 0 Å². The van der Waals surface area contributed by atoms with Crippen LogP contribution < -0.4 is 4.90 Å². The third kappa shape index (κ3) is 2.72. The Morgan fingerprint density at radius 1 is 1.00 bits per heavy atom. The first-order chi connectivity index (χ1) is 10.5. The number of amides is 1. The quantitative estimate of drug-likeness (QED) is 0.732. The molecular weight excluding hydrogens is 345 g/mol. The van der Waals surface area contributed by atoms with Crippen molar-refractivity contribution in [3.05, 3.63) is 62.6 Å². The lowest BCUT2D eigenvalue weighted by atomic mass is 9.99. The van der Waals surface area contributed by atoms with Crippen LogP contribution >= 0.6 is 34.8 Å². The van der Waals surface area contributed by atoms with Crippen LogP contribution in [-0.4, -0.2) is 18.2 Å². The number of hydrogen-bond donors (Lipinski definition) is 0. The second-order valence-corrected chi connectivity index (χ2v) is 6.20. The SMILES string of the molecule is O=C1CCN(C(=O)c2ccc(Cl)cc2Cl)c2ccc(Cl)cc21. The third-order valence-electron chi connectivity index (χ3n) is 3.52. The number of hydrogen-bond acceptors (Lipinski definition) is 2. The summed E-state index contributed by atoms with van der Waals surface area (Å²) in [5, 5.41) is 1.21. The van der Waals surface area contributed by atoms with Crippen LogP contribution in [0.4, 0.5) is 5.69 Å². The molecular formula is C16H10Cl3NO2. The van der Waals surface area contributed by atoms with E-state index in [-0.39, 0.29) is 23.1 Å². The zero-order chi connectivity index (χ0) is 15.9. The van der Waals surface area contributed by atoms with Crippen LogP contribution in [0.15, 0.2) is 36.4 Å². The van der Waals surface area contributed by atoms with Gasteiger partial charge in [0, 0.05) is 28.6 Å². The topological polar surface area (TPSA) is 37.4 Å². The summed E-state index contributed by atoms with van der Waals surface area (Å²) in [5.74, 6) is -0.290. The summed E-state index contributed by atoms with van der Waals surface area (Å²) in [7, 11) is 0. The summed E-state index contributed by atoms with van der Waals surface area (Å²) >= 11 is 17.9. The lowest BCUT2D eigenvalue weighted by molar-refractivity contribution is 0.0955. The highest BCUT2D eigenvalue weighted by molar-refractivity contribution is 6.37. The number of halogens is 3. The molecule has 0 saturated heterocycles. The summed E-state index contributed by atoms with van der Waals surface area (Å²) in [4.78, 5) is 26.3. The Kier molecular flexibility index (Phi) is 4.13. The van der Waals surface area contributed by atoms with Gasteiger partial charge in [0.1, 0.15) is 0 Å². The Balaban J connectivity index is 2.04. The lowest BCUT2D eigenvalue weighted by Gasteiger charge is -2.29. The largest absolute Gasteiger partial charge is 0.307 e. The predicted octanol–water partition coefficient (Wildman–Crippen LogP) is 4.88. The Morgan fingerprint density at radius 2 is 1.68 bits per heavy atom. The molecule has 1 amide bonds. The molecule has 0 fully saturated rings. The zero-order valence-corrected chi connectivity index (χ0v) is 13.5. The Labute approximate surface area is 142 Å². The summed E-state index contributed by atoms with van der Waals surface area (Å²) in [5.41, 5.74) is 1.36. The number of rotatable bonds is 1. The third-order valence-corrected chi connectivity index (χ3v) is 4.30. The maximum Gasteiger partial charge on any atom is 0.259 e. The van der Waals surface area contributed by atoms with Crippen LogP contribution in [-0.2, 0) is 0 Å². The van der Waals surface area contributed by atoms with Gasteiger partial charge in [-0.1, -0.05) is 34.8 Å². The maximum atomic E-state index is 12.7. The summed E-state index contributed by atoms with van der Waals surface area (Å²) in [6, 6.07) is 9.63. The summed E-state index contributed by atoms with van der Waals surface area (Å²) < 4.78 is 0. The van der Waals surface area contributed by atoms with Crippen molar-refractivity contribution in [2.24, 2.45) is 0 Å². The van der Waals surface area contributed by atoms with E-state index < -0.39 is 0 Å². The number of fused-ring (bicyclic) bond motifs is 1. The van der Waals surface area contributed by atoms with Crippen molar-refractivity contribution in [3.63, 3.8) is 0 Å². The average Bonchev–Trinajstić information content (AvgIpc) is 2.47. The van der Waals surface area contributed by atoms with Gasteiger partial charge in [-0.05, 0) is 36.4 Å². The molecule has 3 nitrogen and oxygen atoms in total. The molecule has 0 bridgehead atoms. The van der Waals surface area contributed by atoms with Gasteiger partial charge >= 0.3 is 0 Å². The maximum absolute atomic E-state index is 12.7. The number of benzene rings is 2. The van der Waals surface area contributed by atoms with E-state index in [4.69, 9.17) is 34.8 Å². The number of carbonyl (C=O) groups excluding carboxylic acids is 2. The van der Waals surface area contributed by atoms with Crippen LogP contribution in [0.1, 0.15) is 27.1 Å². The van der Waals surface area contributed by atoms with Crippen LogP contribution in [0.3, 0.4) is 0 Å². The average molecular weight is 355 g/mol.